The third-order valence-corrected chi connectivity index (χ3v) is 23.7. The number of fused-ring (bicyclic) bond motifs is 3. The zero-order valence-corrected chi connectivity index (χ0v) is 77.4. The molecule has 3 radical (unpaired) electrons. The number of Topliss-reactive ketones (excluding diaryl/α,β-unsaturated/α-hetero) is 1. The van der Waals surface area contributed by atoms with Gasteiger partial charge in [-0.2, -0.15) is 0 Å². The Balaban J connectivity index is 0.000000272. The quantitative estimate of drug-likeness (QED) is 0.0185. The standard InChI is InChI=1S/C22H28O2.C20H26O.C20H24O.C15H14O5.C15H14O4.C15H12O4.2CH4.B.Na.H/c1-7-20(19-10-8-14(2)9-11-19)22(24-18(6)23)21-13-16(4)15(3)12-17(21)5;2*1-6-18(17-9-7-13(2)8-10-17)20(21)19-12-15(4)14(3)11-16(19)5;16-9-3-1-8(2-4-9)11-7-20-14-6-13(18)12(17)5-10(14)15(11)19;2*16-12-3-1-9(2-4-12)11-5-10-6-13(17)14(18)7-15(10)19-8-11;;;;;/h8-13,20,22H,7H2,1-6H3;7-12,18,20-21H,6H2,1-5H3;7-12,18H,6H2,1-5H3;1-6,11,15-19H,7H2;1-4,6-7,11,16-18H,5,8H2;1-7,16-18H,8H2;2*1H4;;;/q;;;;;;;;;+1;-1. The van der Waals surface area contributed by atoms with E-state index in [1.54, 1.807) is 60.7 Å². The number of esters is 1. The van der Waals surface area contributed by atoms with Gasteiger partial charge in [-0.1, -0.05) is 192 Å². The molecule has 128 heavy (non-hydrogen) atoms. The molecule has 11 N–H and O–H groups in total. The van der Waals surface area contributed by atoms with Gasteiger partial charge in [0.25, 0.3) is 0 Å². The topological polar surface area (TPSA) is 294 Å². The third-order valence-electron chi connectivity index (χ3n) is 23.7. The third kappa shape index (κ3) is 26.9. The molecule has 0 bridgehead atoms. The molecule has 8 atom stereocenters. The number of hydrogen-bond donors (Lipinski definition) is 11. The van der Waals surface area contributed by atoms with Crippen molar-refractivity contribution in [3.8, 4) is 69.0 Å². The number of carbonyl (C=O) groups excluding carboxylic acids is 2. The molecule has 12 aromatic rings. The number of aliphatic hydroxyl groups is 2. The molecule has 669 valence electrons. The van der Waals surface area contributed by atoms with Crippen LogP contribution in [-0.2, 0) is 16.0 Å². The van der Waals surface area contributed by atoms with Crippen molar-refractivity contribution in [3.05, 3.63) is 352 Å². The number of rotatable bonds is 16. The number of aliphatic hydroxyl groups excluding tert-OH is 2. The number of hydrogen-bond acceptors (Lipinski definition) is 17. The normalized spacial score (nSPS) is 14.7. The summed E-state index contributed by atoms with van der Waals surface area (Å²) in [4.78, 5) is 24.7. The molecular weight excluding hydrogens is 1610 g/mol. The molecule has 0 amide bonds. The Bertz CT molecular complexity index is 5720. The molecule has 0 saturated carbocycles. The molecule has 3 aliphatic heterocycles. The number of phenols is 9. The fourth-order valence-corrected chi connectivity index (χ4v) is 15.9. The summed E-state index contributed by atoms with van der Waals surface area (Å²) in [6.45, 7) is 34.1. The van der Waals surface area contributed by atoms with Gasteiger partial charge in [-0.25, -0.2) is 0 Å². The van der Waals surface area contributed by atoms with Crippen LogP contribution in [-0.4, -0.2) is 96.2 Å². The average molecular weight is 1740 g/mol. The van der Waals surface area contributed by atoms with E-state index in [1.165, 1.54) is 116 Å². The number of benzene rings is 12. The number of ketones is 1. The second-order valence-electron chi connectivity index (χ2n) is 32.9. The van der Waals surface area contributed by atoms with Crippen LogP contribution >= 0.6 is 0 Å². The van der Waals surface area contributed by atoms with Crippen molar-refractivity contribution in [2.24, 2.45) is 0 Å². The Morgan fingerprint density at radius 3 is 1.35 bits per heavy atom. The fraction of sp³-hybridized carbons (Fsp3) is 0.303. The Labute approximate surface area is 782 Å². The molecule has 0 aliphatic carbocycles. The summed E-state index contributed by atoms with van der Waals surface area (Å²) in [6.07, 6.45) is 3.73. The largest absolute Gasteiger partial charge is 1.00 e. The zero-order valence-electron chi connectivity index (χ0n) is 76.4. The van der Waals surface area contributed by atoms with Gasteiger partial charge in [0, 0.05) is 79.8 Å². The van der Waals surface area contributed by atoms with Gasteiger partial charge in [0.1, 0.15) is 47.2 Å². The molecule has 19 heteroatoms. The van der Waals surface area contributed by atoms with E-state index in [2.05, 4.69) is 200 Å². The number of carbonyl (C=O) groups is 2. The Morgan fingerprint density at radius 2 is 0.844 bits per heavy atom. The summed E-state index contributed by atoms with van der Waals surface area (Å²) in [5.41, 5.74) is 27.0. The maximum absolute atomic E-state index is 12.9. The van der Waals surface area contributed by atoms with Crippen LogP contribution in [0.1, 0.15) is 249 Å². The van der Waals surface area contributed by atoms with Crippen LogP contribution in [0.2, 0.25) is 0 Å². The van der Waals surface area contributed by atoms with Crippen molar-refractivity contribution in [2.45, 2.75) is 199 Å². The van der Waals surface area contributed by atoms with Gasteiger partial charge < -0.3 is 76.5 Å². The number of aromatic hydroxyl groups is 9. The molecule has 8 unspecified atom stereocenters. The van der Waals surface area contributed by atoms with Gasteiger partial charge in [-0.3, -0.25) is 9.59 Å². The molecular formula is C109H127BNaO17. The second-order valence-corrected chi connectivity index (χ2v) is 32.9. The van der Waals surface area contributed by atoms with Gasteiger partial charge >= 0.3 is 35.5 Å². The molecule has 3 heterocycles. The zero-order chi connectivity index (χ0) is 90.1. The van der Waals surface area contributed by atoms with Crippen molar-refractivity contribution in [3.63, 3.8) is 0 Å². The Kier molecular flexibility index (Phi) is 39.2. The average Bonchev–Trinajstić information content (AvgIpc) is 0.790. The van der Waals surface area contributed by atoms with Crippen molar-refractivity contribution < 1.29 is 116 Å². The number of ether oxygens (including phenoxy) is 4. The first kappa shape index (κ1) is 105. The maximum atomic E-state index is 12.9. The van der Waals surface area contributed by atoms with Gasteiger partial charge in [-0.05, 0) is 281 Å². The summed E-state index contributed by atoms with van der Waals surface area (Å²) < 4.78 is 22.5. The van der Waals surface area contributed by atoms with Gasteiger partial charge in [0.15, 0.2) is 40.3 Å². The van der Waals surface area contributed by atoms with E-state index in [1.807, 2.05) is 31.2 Å². The van der Waals surface area contributed by atoms with E-state index in [4.69, 9.17) is 18.9 Å². The van der Waals surface area contributed by atoms with Crippen LogP contribution in [0.25, 0.3) is 11.6 Å². The second kappa shape index (κ2) is 47.8. The SMILES string of the molecule is C.C.CCC(C(=O)c1cc(C)c(C)cc1C)c1ccc(C)cc1.CCC(c1ccc(C)cc1)C(O)c1cc(C)c(C)cc1C.CCC(c1ccc(C)cc1)C(OC(C)=O)c1cc(C)c(C)cc1C.Oc1ccc(C2=Cc3cc(O)c(O)cc3OC2)cc1.Oc1ccc(C2COc3cc(O)c(O)cc3C2)cc1.Oc1ccc(C2COc3cc(O)c(O)cc3C2O)cc1.[B].[H-].[Na+]. The molecule has 3 aliphatic rings. The van der Waals surface area contributed by atoms with Crippen molar-refractivity contribution in [1.29, 1.82) is 0 Å². The molecule has 0 spiro atoms. The predicted molar refractivity (Wildman–Crippen MR) is 511 cm³/mol. The van der Waals surface area contributed by atoms with E-state index >= 15 is 0 Å². The molecule has 12 aromatic carbocycles. The predicted octanol–water partition coefficient (Wildman–Crippen LogP) is 21.4. The summed E-state index contributed by atoms with van der Waals surface area (Å²) in [5.74, 6) is 1.02. The van der Waals surface area contributed by atoms with E-state index in [0.29, 0.717) is 41.6 Å². The van der Waals surface area contributed by atoms with E-state index in [-0.39, 0.29) is 160 Å². The van der Waals surface area contributed by atoms with Crippen LogP contribution in [0.5, 0.6) is 69.0 Å². The fourth-order valence-electron chi connectivity index (χ4n) is 15.9. The molecule has 17 nitrogen and oxygen atoms in total. The first-order chi connectivity index (χ1) is 59.0. The van der Waals surface area contributed by atoms with E-state index in [9.17, 15) is 65.8 Å². The van der Waals surface area contributed by atoms with Crippen LogP contribution in [0, 0.1) is 83.1 Å². The minimum atomic E-state index is -0.852. The summed E-state index contributed by atoms with van der Waals surface area (Å²) >= 11 is 0. The maximum Gasteiger partial charge on any atom is 1.00 e. The minimum absolute atomic E-state index is 0. The summed E-state index contributed by atoms with van der Waals surface area (Å²) in [7, 11) is 0. The summed E-state index contributed by atoms with van der Waals surface area (Å²) in [6, 6.07) is 67.1. The smallest absolute Gasteiger partial charge is 1.00 e. The van der Waals surface area contributed by atoms with Crippen molar-refractivity contribution in [2.75, 3.05) is 19.8 Å². The van der Waals surface area contributed by atoms with Crippen LogP contribution in [0.3, 0.4) is 0 Å². The van der Waals surface area contributed by atoms with Crippen molar-refractivity contribution in [1.82, 2.24) is 0 Å². The Hall–Kier alpha value is -11.9. The van der Waals surface area contributed by atoms with Crippen molar-refractivity contribution >= 4 is 31.8 Å². The van der Waals surface area contributed by atoms with E-state index < -0.39 is 12.2 Å². The molecule has 0 saturated heterocycles. The first-order valence-electron chi connectivity index (χ1n) is 42.2. The number of phenolic OH excluding ortho intramolecular Hbond substituents is 9. The molecule has 0 aromatic heterocycles. The molecule has 15 rings (SSSR count). The van der Waals surface area contributed by atoms with Gasteiger partial charge in [-0.15, -0.1) is 0 Å². The minimum Gasteiger partial charge on any atom is -1.00 e. The van der Waals surface area contributed by atoms with E-state index in [0.717, 1.165) is 81.3 Å². The number of aryl methyl sites for hydroxylation is 12. The van der Waals surface area contributed by atoms with Crippen LogP contribution < -0.4 is 43.8 Å². The van der Waals surface area contributed by atoms with Crippen LogP contribution in [0.4, 0.5) is 0 Å². The van der Waals surface area contributed by atoms with Crippen LogP contribution in [0.15, 0.2) is 218 Å². The monoisotopic (exact) mass is 1740 g/mol. The Morgan fingerprint density at radius 1 is 0.430 bits per heavy atom. The first-order valence-corrected chi connectivity index (χ1v) is 42.2. The summed E-state index contributed by atoms with van der Waals surface area (Å²) in [5, 5.41) is 106. The van der Waals surface area contributed by atoms with Gasteiger partial charge in [0.2, 0.25) is 0 Å². The molecule has 0 fully saturated rings. The van der Waals surface area contributed by atoms with Gasteiger partial charge in [0.05, 0.1) is 25.4 Å².